The Morgan fingerprint density at radius 1 is 0.333 bits per heavy atom. The highest BCUT2D eigenvalue weighted by molar-refractivity contribution is 6.29. The molecule has 2 aromatic heterocycles. The monoisotopic (exact) mass is 843 g/mol. The summed E-state index contributed by atoms with van der Waals surface area (Å²) in [4.78, 5) is 2.47. The molecule has 1 aliphatic rings. The van der Waals surface area contributed by atoms with Crippen LogP contribution in [0.25, 0.3) is 110 Å². The van der Waals surface area contributed by atoms with Gasteiger partial charge in [0, 0.05) is 49.5 Å². The molecule has 0 fully saturated rings. The average Bonchev–Trinajstić information content (AvgIpc) is 4.01. The molecule has 0 amide bonds. The maximum absolute atomic E-state index is 7.14. The molecule has 3 nitrogen and oxygen atoms in total. The zero-order chi connectivity index (χ0) is 43.7. The summed E-state index contributed by atoms with van der Waals surface area (Å²) >= 11 is 0. The lowest BCUT2D eigenvalue weighted by molar-refractivity contribution is 0.660. The molecule has 13 aromatic rings. The first-order valence-electron chi connectivity index (χ1n) is 22.8. The van der Waals surface area contributed by atoms with E-state index in [2.05, 4.69) is 225 Å². The fraction of sp³-hybridized carbons (Fsp3) is 0.0476. The molecule has 66 heavy (non-hydrogen) atoms. The minimum Gasteiger partial charge on any atom is -0.456 e. The Labute approximate surface area is 381 Å². The van der Waals surface area contributed by atoms with Crippen molar-refractivity contribution in [2.24, 2.45) is 0 Å². The first-order chi connectivity index (χ1) is 32.5. The molecule has 0 atom stereocenters. The third kappa shape index (κ3) is 5.26. The molecule has 0 unspecified atom stereocenters. The molecule has 0 saturated heterocycles. The van der Waals surface area contributed by atoms with Gasteiger partial charge < -0.3 is 13.7 Å². The maximum atomic E-state index is 7.14. The molecule has 3 heteroatoms. The van der Waals surface area contributed by atoms with Crippen molar-refractivity contribution in [1.82, 2.24) is 0 Å². The molecule has 1 aliphatic carbocycles. The van der Waals surface area contributed by atoms with Crippen LogP contribution in [0.15, 0.2) is 221 Å². The highest BCUT2D eigenvalue weighted by atomic mass is 16.3. The summed E-state index contributed by atoms with van der Waals surface area (Å²) in [5.41, 5.74) is 16.1. The van der Waals surface area contributed by atoms with E-state index in [1.54, 1.807) is 0 Å². The molecule has 0 spiro atoms. The van der Waals surface area contributed by atoms with Crippen LogP contribution >= 0.6 is 0 Å². The Kier molecular flexibility index (Phi) is 7.74. The third-order valence-corrected chi connectivity index (χ3v) is 14.4. The fourth-order valence-electron chi connectivity index (χ4n) is 11.4. The van der Waals surface area contributed by atoms with Crippen molar-refractivity contribution in [1.29, 1.82) is 0 Å². The van der Waals surface area contributed by atoms with Crippen LogP contribution in [-0.2, 0) is 5.41 Å². The van der Waals surface area contributed by atoms with Crippen molar-refractivity contribution >= 4 is 93.3 Å². The van der Waals surface area contributed by atoms with Crippen molar-refractivity contribution in [2.75, 3.05) is 4.90 Å². The fourth-order valence-corrected chi connectivity index (χ4v) is 11.4. The largest absolute Gasteiger partial charge is 0.456 e. The zero-order valence-corrected chi connectivity index (χ0v) is 36.5. The van der Waals surface area contributed by atoms with Crippen LogP contribution in [0.5, 0.6) is 0 Å². The van der Waals surface area contributed by atoms with Crippen molar-refractivity contribution in [2.45, 2.75) is 19.3 Å². The van der Waals surface area contributed by atoms with E-state index in [1.165, 1.54) is 54.6 Å². The number of para-hydroxylation sites is 2. The number of anilines is 3. The van der Waals surface area contributed by atoms with E-state index >= 15 is 0 Å². The maximum Gasteiger partial charge on any atom is 0.143 e. The van der Waals surface area contributed by atoms with Gasteiger partial charge in [0.25, 0.3) is 0 Å². The molecule has 0 aliphatic heterocycles. The number of nitrogens with zero attached hydrogens (tertiary/aromatic N) is 1. The Bertz CT molecular complexity index is 4120. The summed E-state index contributed by atoms with van der Waals surface area (Å²) in [5.74, 6) is 0. The second kappa shape index (κ2) is 13.8. The van der Waals surface area contributed by atoms with Gasteiger partial charge in [0.05, 0.1) is 5.69 Å². The normalized spacial score (nSPS) is 13.1. The van der Waals surface area contributed by atoms with E-state index in [1.807, 2.05) is 6.07 Å². The van der Waals surface area contributed by atoms with E-state index in [4.69, 9.17) is 8.83 Å². The Balaban J connectivity index is 1.11. The van der Waals surface area contributed by atoms with Crippen molar-refractivity contribution in [3.63, 3.8) is 0 Å². The van der Waals surface area contributed by atoms with E-state index in [-0.39, 0.29) is 5.41 Å². The Morgan fingerprint density at radius 2 is 0.924 bits per heavy atom. The molecule has 0 bridgehead atoms. The molecule has 14 rings (SSSR count). The minimum absolute atomic E-state index is 0.186. The lowest BCUT2D eigenvalue weighted by Gasteiger charge is -2.30. The highest BCUT2D eigenvalue weighted by Gasteiger charge is 2.36. The van der Waals surface area contributed by atoms with Crippen LogP contribution in [0, 0.1) is 0 Å². The predicted octanol–water partition coefficient (Wildman–Crippen LogP) is 18.1. The van der Waals surface area contributed by atoms with Gasteiger partial charge in [-0.2, -0.15) is 0 Å². The van der Waals surface area contributed by atoms with Gasteiger partial charge in [-0.05, 0) is 120 Å². The molecule has 0 radical (unpaired) electrons. The number of benzene rings is 11. The second-order valence-corrected chi connectivity index (χ2v) is 18.4. The third-order valence-electron chi connectivity index (χ3n) is 14.4. The summed E-state index contributed by atoms with van der Waals surface area (Å²) < 4.78 is 13.7. The van der Waals surface area contributed by atoms with E-state index in [0.717, 1.165) is 83.2 Å². The molecule has 11 aromatic carbocycles. The van der Waals surface area contributed by atoms with Gasteiger partial charge in [0.1, 0.15) is 22.3 Å². The van der Waals surface area contributed by atoms with Gasteiger partial charge >= 0.3 is 0 Å². The quantitative estimate of drug-likeness (QED) is 0.162. The molecule has 2 heterocycles. The number of hydrogen-bond donors (Lipinski definition) is 0. The molecule has 0 N–H and O–H groups in total. The lowest BCUT2D eigenvalue weighted by atomic mass is 9.82. The topological polar surface area (TPSA) is 29.5 Å². The summed E-state index contributed by atoms with van der Waals surface area (Å²) in [5, 5.41) is 11.7. The van der Waals surface area contributed by atoms with Crippen LogP contribution in [0.3, 0.4) is 0 Å². The highest BCUT2D eigenvalue weighted by Crippen LogP contribution is 2.53. The van der Waals surface area contributed by atoms with Gasteiger partial charge in [0.2, 0.25) is 0 Å². The standard InChI is InChI=1S/C63H41NO2/c1-63(2)54-25-13-10-23-48(54)49-31-29-40(37-55(49)63)64(56-26-14-11-18-42(56)38-16-4-3-5-17-38)41-35-51(39-28-30-47-45-21-7-6-19-43(45)44-20-8-9-22-46(44)52(47)34-39)62-53(36-41)61-59(66-62)33-32-58-60(61)50-24-12-15-27-57(50)65-58/h3-37H,1-2H3. The first kappa shape index (κ1) is 37.0. The summed E-state index contributed by atoms with van der Waals surface area (Å²) in [6.45, 7) is 4.72. The second-order valence-electron chi connectivity index (χ2n) is 18.4. The molecule has 0 saturated carbocycles. The molecule has 310 valence electrons. The first-order valence-corrected chi connectivity index (χ1v) is 22.8. The SMILES string of the molecule is CC1(C)c2ccccc2-c2ccc(N(c3cc(-c4ccc5c6ccccc6c6ccccc6c5c4)c4oc5ccc6oc7ccccc7c6c5c4c3)c3ccccc3-c3ccccc3)cc21. The smallest absolute Gasteiger partial charge is 0.143 e. The van der Waals surface area contributed by atoms with Gasteiger partial charge in [-0.1, -0.05) is 172 Å². The number of fused-ring (bicyclic) bond motifs is 16. The van der Waals surface area contributed by atoms with Crippen molar-refractivity contribution < 1.29 is 8.83 Å². The van der Waals surface area contributed by atoms with Crippen LogP contribution in [0.4, 0.5) is 17.1 Å². The van der Waals surface area contributed by atoms with Crippen LogP contribution in [0.2, 0.25) is 0 Å². The Morgan fingerprint density at radius 3 is 1.70 bits per heavy atom. The lowest BCUT2D eigenvalue weighted by Crippen LogP contribution is -2.17. The van der Waals surface area contributed by atoms with Crippen LogP contribution in [0.1, 0.15) is 25.0 Å². The zero-order valence-electron chi connectivity index (χ0n) is 36.5. The number of furan rings is 2. The van der Waals surface area contributed by atoms with Crippen LogP contribution in [-0.4, -0.2) is 0 Å². The van der Waals surface area contributed by atoms with Crippen molar-refractivity contribution in [3.8, 4) is 33.4 Å². The van der Waals surface area contributed by atoms with Gasteiger partial charge in [0.15, 0.2) is 0 Å². The Hall–Kier alpha value is -8.40. The summed E-state index contributed by atoms with van der Waals surface area (Å²) in [7, 11) is 0. The van der Waals surface area contributed by atoms with Crippen molar-refractivity contribution in [3.05, 3.63) is 223 Å². The van der Waals surface area contributed by atoms with Crippen LogP contribution < -0.4 is 4.90 Å². The van der Waals surface area contributed by atoms with Gasteiger partial charge in [-0.3, -0.25) is 0 Å². The number of rotatable bonds is 5. The minimum atomic E-state index is -0.186. The molecular weight excluding hydrogens is 803 g/mol. The average molecular weight is 844 g/mol. The van der Waals surface area contributed by atoms with Gasteiger partial charge in [-0.25, -0.2) is 0 Å². The van der Waals surface area contributed by atoms with E-state index in [0.29, 0.717) is 0 Å². The van der Waals surface area contributed by atoms with E-state index in [9.17, 15) is 0 Å². The summed E-state index contributed by atoms with van der Waals surface area (Å²) in [6, 6.07) is 77.3. The van der Waals surface area contributed by atoms with Gasteiger partial charge in [-0.15, -0.1) is 0 Å². The predicted molar refractivity (Wildman–Crippen MR) is 277 cm³/mol. The molecular formula is C63H41NO2. The number of hydrogen-bond acceptors (Lipinski definition) is 3. The summed E-state index contributed by atoms with van der Waals surface area (Å²) in [6.07, 6.45) is 0. The van der Waals surface area contributed by atoms with E-state index < -0.39 is 0 Å².